The van der Waals surface area contributed by atoms with E-state index in [2.05, 4.69) is 29.1 Å². The van der Waals surface area contributed by atoms with Gasteiger partial charge in [0.25, 0.3) is 0 Å². The van der Waals surface area contributed by atoms with Crippen LogP contribution in [0.2, 0.25) is 0 Å². The lowest BCUT2D eigenvalue weighted by Crippen LogP contribution is -2.51. The van der Waals surface area contributed by atoms with Gasteiger partial charge in [-0.2, -0.15) is 0 Å². The molecule has 0 amide bonds. The Hall–Kier alpha value is -0.120. The lowest BCUT2D eigenvalue weighted by molar-refractivity contribution is 0.101. The molecule has 2 saturated heterocycles. The van der Waals surface area contributed by atoms with Gasteiger partial charge < -0.3 is 15.1 Å². The highest BCUT2D eigenvalue weighted by atomic mass is 15.3. The van der Waals surface area contributed by atoms with Crippen molar-refractivity contribution in [3.8, 4) is 0 Å². The summed E-state index contributed by atoms with van der Waals surface area (Å²) in [6.45, 7) is 8.61. The quantitative estimate of drug-likeness (QED) is 0.777. The number of rotatable bonds is 3. The van der Waals surface area contributed by atoms with Crippen molar-refractivity contribution in [3.05, 3.63) is 0 Å². The number of piperidine rings is 1. The first kappa shape index (κ1) is 12.3. The van der Waals surface area contributed by atoms with Crippen molar-refractivity contribution in [1.82, 2.24) is 15.1 Å². The van der Waals surface area contributed by atoms with Crippen LogP contribution >= 0.6 is 0 Å². The Balaban J connectivity index is 1.65. The second-order valence-corrected chi connectivity index (χ2v) is 5.57. The minimum absolute atomic E-state index is 0.730. The van der Waals surface area contributed by atoms with Crippen LogP contribution in [-0.2, 0) is 0 Å². The summed E-state index contributed by atoms with van der Waals surface area (Å²) >= 11 is 0. The van der Waals surface area contributed by atoms with Crippen molar-refractivity contribution < 1.29 is 0 Å². The fraction of sp³-hybridized carbons (Fsp3) is 1.00. The van der Waals surface area contributed by atoms with Crippen LogP contribution < -0.4 is 5.32 Å². The minimum atomic E-state index is 0.730. The molecule has 0 aromatic carbocycles. The molecule has 0 bridgehead atoms. The van der Waals surface area contributed by atoms with E-state index >= 15 is 0 Å². The molecule has 0 aliphatic carbocycles. The molecule has 2 rings (SSSR count). The van der Waals surface area contributed by atoms with Gasteiger partial charge in [0.1, 0.15) is 0 Å². The Kier molecular flexibility index (Phi) is 4.62. The zero-order valence-electron chi connectivity index (χ0n) is 10.9. The summed E-state index contributed by atoms with van der Waals surface area (Å²) < 4.78 is 0. The van der Waals surface area contributed by atoms with Crippen LogP contribution in [0.3, 0.4) is 0 Å². The first-order valence-corrected chi connectivity index (χ1v) is 6.91. The topological polar surface area (TPSA) is 18.5 Å². The van der Waals surface area contributed by atoms with Gasteiger partial charge in [0, 0.05) is 31.7 Å². The highest BCUT2D eigenvalue weighted by molar-refractivity contribution is 4.79. The van der Waals surface area contributed by atoms with Crippen LogP contribution in [-0.4, -0.2) is 61.7 Å². The SMILES string of the molecule is CC1CN(CCC2CCCCN2)CCN1C. The molecule has 2 atom stereocenters. The molecule has 0 saturated carbocycles. The van der Waals surface area contributed by atoms with Gasteiger partial charge in [-0.05, 0) is 46.3 Å². The van der Waals surface area contributed by atoms with E-state index in [9.17, 15) is 0 Å². The molecule has 0 radical (unpaired) electrons. The van der Waals surface area contributed by atoms with Crippen molar-refractivity contribution in [3.63, 3.8) is 0 Å². The predicted octanol–water partition coefficient (Wildman–Crippen LogP) is 1.15. The van der Waals surface area contributed by atoms with Crippen LogP contribution in [0, 0.1) is 0 Å². The number of likely N-dealkylation sites (N-methyl/N-ethyl adjacent to an activating group) is 1. The number of nitrogens with zero attached hydrogens (tertiary/aromatic N) is 2. The maximum Gasteiger partial charge on any atom is 0.0192 e. The lowest BCUT2D eigenvalue weighted by Gasteiger charge is -2.38. The van der Waals surface area contributed by atoms with Gasteiger partial charge in [-0.15, -0.1) is 0 Å². The zero-order chi connectivity index (χ0) is 11.4. The van der Waals surface area contributed by atoms with Crippen LogP contribution in [0.5, 0.6) is 0 Å². The molecule has 2 aliphatic rings. The van der Waals surface area contributed by atoms with Gasteiger partial charge in [-0.1, -0.05) is 6.42 Å². The highest BCUT2D eigenvalue weighted by Crippen LogP contribution is 2.12. The van der Waals surface area contributed by atoms with Gasteiger partial charge in [0.2, 0.25) is 0 Å². The first-order valence-electron chi connectivity index (χ1n) is 6.91. The van der Waals surface area contributed by atoms with Gasteiger partial charge in [-0.3, -0.25) is 0 Å². The molecule has 2 aliphatic heterocycles. The molecule has 0 aromatic rings. The average molecular weight is 225 g/mol. The Morgan fingerprint density at radius 1 is 1.25 bits per heavy atom. The summed E-state index contributed by atoms with van der Waals surface area (Å²) in [6, 6.07) is 1.52. The molecule has 2 heterocycles. The summed E-state index contributed by atoms with van der Waals surface area (Å²) in [7, 11) is 2.24. The van der Waals surface area contributed by atoms with Crippen molar-refractivity contribution in [2.24, 2.45) is 0 Å². The largest absolute Gasteiger partial charge is 0.314 e. The second kappa shape index (κ2) is 5.99. The minimum Gasteiger partial charge on any atom is -0.314 e. The van der Waals surface area contributed by atoms with Crippen LogP contribution in [0.1, 0.15) is 32.6 Å². The van der Waals surface area contributed by atoms with E-state index in [-0.39, 0.29) is 0 Å². The third-order valence-electron chi connectivity index (χ3n) is 4.25. The normalized spacial score (nSPS) is 34.1. The Bertz CT molecular complexity index is 201. The maximum atomic E-state index is 3.64. The molecule has 3 heteroatoms. The van der Waals surface area contributed by atoms with E-state index in [4.69, 9.17) is 0 Å². The first-order chi connectivity index (χ1) is 7.75. The number of hydrogen-bond acceptors (Lipinski definition) is 3. The average Bonchev–Trinajstić information content (AvgIpc) is 2.32. The third kappa shape index (κ3) is 3.44. The highest BCUT2D eigenvalue weighted by Gasteiger charge is 2.21. The lowest BCUT2D eigenvalue weighted by atomic mass is 10.0. The number of hydrogen-bond donors (Lipinski definition) is 1. The molecule has 16 heavy (non-hydrogen) atoms. The van der Waals surface area contributed by atoms with E-state index in [1.165, 1.54) is 58.4 Å². The Morgan fingerprint density at radius 3 is 2.81 bits per heavy atom. The Labute approximate surface area is 100 Å². The molecule has 0 aromatic heterocycles. The van der Waals surface area contributed by atoms with Crippen molar-refractivity contribution in [2.45, 2.75) is 44.7 Å². The maximum absolute atomic E-state index is 3.64. The van der Waals surface area contributed by atoms with Crippen LogP contribution in [0.4, 0.5) is 0 Å². The Morgan fingerprint density at radius 2 is 2.12 bits per heavy atom. The van der Waals surface area contributed by atoms with E-state index in [0.29, 0.717) is 0 Å². The fourth-order valence-corrected chi connectivity index (χ4v) is 2.84. The van der Waals surface area contributed by atoms with Crippen molar-refractivity contribution in [1.29, 1.82) is 0 Å². The smallest absolute Gasteiger partial charge is 0.0192 e. The summed E-state index contributed by atoms with van der Waals surface area (Å²) in [5, 5.41) is 3.64. The van der Waals surface area contributed by atoms with E-state index < -0.39 is 0 Å². The zero-order valence-corrected chi connectivity index (χ0v) is 10.9. The van der Waals surface area contributed by atoms with Gasteiger partial charge in [-0.25, -0.2) is 0 Å². The predicted molar refractivity (Wildman–Crippen MR) is 68.8 cm³/mol. The molecule has 2 unspecified atom stereocenters. The van der Waals surface area contributed by atoms with Gasteiger partial charge in [0.05, 0.1) is 0 Å². The van der Waals surface area contributed by atoms with E-state index in [1.54, 1.807) is 0 Å². The third-order valence-corrected chi connectivity index (χ3v) is 4.25. The molecular formula is C13H27N3. The number of piperazine rings is 1. The summed E-state index contributed by atoms with van der Waals surface area (Å²) in [5.41, 5.74) is 0. The van der Waals surface area contributed by atoms with Gasteiger partial charge >= 0.3 is 0 Å². The molecule has 3 nitrogen and oxygen atoms in total. The van der Waals surface area contributed by atoms with Crippen LogP contribution in [0.25, 0.3) is 0 Å². The van der Waals surface area contributed by atoms with E-state index in [0.717, 1.165) is 12.1 Å². The summed E-state index contributed by atoms with van der Waals surface area (Å²) in [5.74, 6) is 0. The van der Waals surface area contributed by atoms with E-state index in [1.807, 2.05) is 0 Å². The van der Waals surface area contributed by atoms with Gasteiger partial charge in [0.15, 0.2) is 0 Å². The van der Waals surface area contributed by atoms with Crippen LogP contribution in [0.15, 0.2) is 0 Å². The standard InChI is InChI=1S/C13H27N3/c1-12-11-16(10-9-15(12)2)8-6-13-5-3-4-7-14-13/h12-14H,3-11H2,1-2H3. The molecule has 0 spiro atoms. The van der Waals surface area contributed by atoms with Crippen molar-refractivity contribution in [2.75, 3.05) is 39.8 Å². The summed E-state index contributed by atoms with van der Waals surface area (Å²) in [6.07, 6.45) is 5.54. The second-order valence-electron chi connectivity index (χ2n) is 5.57. The van der Waals surface area contributed by atoms with Crippen molar-refractivity contribution >= 4 is 0 Å². The summed E-state index contributed by atoms with van der Waals surface area (Å²) in [4.78, 5) is 5.11. The molecule has 1 N–H and O–H groups in total. The molecule has 94 valence electrons. The fourth-order valence-electron chi connectivity index (χ4n) is 2.84. The monoisotopic (exact) mass is 225 g/mol. The number of nitrogens with one attached hydrogen (secondary N) is 1. The molecular weight excluding hydrogens is 198 g/mol. The molecule has 2 fully saturated rings.